The van der Waals surface area contributed by atoms with Crippen LogP contribution in [0.25, 0.3) is 0 Å². The number of hydrogen-bond donors (Lipinski definition) is 0. The van der Waals surface area contributed by atoms with E-state index >= 15 is 0 Å². The lowest BCUT2D eigenvalue weighted by Gasteiger charge is -2.41. The molecule has 0 atom stereocenters. The molecule has 4 heterocycles. The summed E-state index contributed by atoms with van der Waals surface area (Å²) in [5.74, 6) is 1.57. The summed E-state index contributed by atoms with van der Waals surface area (Å²) in [6.45, 7) is 15.7. The average Bonchev–Trinajstić information content (AvgIpc) is 3.49. The van der Waals surface area contributed by atoms with Gasteiger partial charge in [0.15, 0.2) is 0 Å². The van der Waals surface area contributed by atoms with E-state index in [-0.39, 0.29) is 10.8 Å². The van der Waals surface area contributed by atoms with Gasteiger partial charge in [0.1, 0.15) is 5.75 Å². The zero-order valence-corrected chi connectivity index (χ0v) is 53.9. The second-order valence-electron chi connectivity index (χ2n) is 23.5. The van der Waals surface area contributed by atoms with Gasteiger partial charge in [-0.2, -0.15) is 0 Å². The molecule has 2 spiro atoms. The van der Waals surface area contributed by atoms with Crippen LogP contribution in [0.15, 0.2) is 30.3 Å². The molecule has 4 aliphatic heterocycles. The van der Waals surface area contributed by atoms with Crippen LogP contribution in [0.3, 0.4) is 0 Å². The Balaban J connectivity index is 0.000000382. The van der Waals surface area contributed by atoms with E-state index < -0.39 is 34.4 Å². The van der Waals surface area contributed by atoms with Crippen LogP contribution < -0.4 is 4.52 Å². The molecule has 4 aliphatic rings. The normalized spacial score (nSPS) is 23.5. The van der Waals surface area contributed by atoms with Gasteiger partial charge < -0.3 is 54.3 Å². The highest BCUT2D eigenvalue weighted by Gasteiger charge is 2.45. The van der Waals surface area contributed by atoms with Crippen molar-refractivity contribution in [3.8, 4) is 5.75 Å². The Morgan fingerprint density at radius 3 is 0.846 bits per heavy atom. The number of unbranched alkanes of at least 4 members (excludes halogenated alkanes) is 34. The molecule has 1 aromatic carbocycles. The first-order valence-corrected chi connectivity index (χ1v) is 36.7. The van der Waals surface area contributed by atoms with Gasteiger partial charge in [-0.1, -0.05) is 271 Å². The van der Waals surface area contributed by atoms with Gasteiger partial charge in [0, 0.05) is 0 Å². The van der Waals surface area contributed by atoms with Crippen LogP contribution in [-0.4, -0.2) is 72.7 Å². The standard InChI is InChI=1S/C41H82O6P2.C21H34O6P2/c1-3-5-7-9-11-13-15-17-19-21-23-25-27-29-31-33-35-42-48-44-37-41(38-45-48)39-46-49(47-40-41)43-36-34-32-30-28-26-24-22-20-18-16-14-12-10-8-6-4-2;1-19(2)11-7-4-3-5-10-14-22-28-23-15-21(16-24-28)17-25-29(26-18-21)27-20-12-8-6-9-13-20/h3-40H2,1-2H3;6,8-9,12-13,19H,3-5,7,10-11,14-18H2,1-2H3. The quantitative estimate of drug-likeness (QED) is 0.0458. The Morgan fingerprint density at radius 1 is 0.333 bits per heavy atom. The summed E-state index contributed by atoms with van der Waals surface area (Å²) in [5, 5.41) is 0. The molecule has 0 N–H and O–H groups in total. The molecule has 78 heavy (non-hydrogen) atoms. The molecular formula is C62H116O12P4. The van der Waals surface area contributed by atoms with Gasteiger partial charge in [-0.15, -0.1) is 0 Å². The Labute approximate surface area is 483 Å². The highest BCUT2D eigenvalue weighted by Crippen LogP contribution is 2.54. The molecule has 456 valence electrons. The van der Waals surface area contributed by atoms with Crippen molar-refractivity contribution in [2.45, 2.75) is 272 Å². The van der Waals surface area contributed by atoms with Crippen molar-refractivity contribution in [2.24, 2.45) is 16.7 Å². The predicted molar refractivity (Wildman–Crippen MR) is 327 cm³/mol. The van der Waals surface area contributed by atoms with Crippen LogP contribution >= 0.6 is 34.4 Å². The molecule has 0 radical (unpaired) electrons. The SMILES string of the molecule is CC(C)CCCCCCCOP1OCC2(CO1)COP(Oc1ccccc1)OC2.CCCCCCCCCCCCCCCCCCOP1OCC2(CO1)COP(OCCCCCCCCCCCCCCCCCC)OC2. The van der Waals surface area contributed by atoms with Gasteiger partial charge in [0.25, 0.3) is 0 Å². The first-order chi connectivity index (χ1) is 38.4. The highest BCUT2D eigenvalue weighted by atomic mass is 31.2. The molecule has 0 bridgehead atoms. The highest BCUT2D eigenvalue weighted by molar-refractivity contribution is 7.42. The monoisotopic (exact) mass is 1180 g/mol. The Kier molecular flexibility index (Phi) is 44.0. The van der Waals surface area contributed by atoms with Crippen molar-refractivity contribution in [3.05, 3.63) is 30.3 Å². The number of benzene rings is 1. The van der Waals surface area contributed by atoms with Crippen molar-refractivity contribution in [1.29, 1.82) is 0 Å². The largest absolute Gasteiger partial charge is 0.427 e. The van der Waals surface area contributed by atoms with Gasteiger partial charge >= 0.3 is 34.4 Å². The zero-order chi connectivity index (χ0) is 55.1. The summed E-state index contributed by atoms with van der Waals surface area (Å²) >= 11 is 0. The van der Waals surface area contributed by atoms with E-state index in [0.29, 0.717) is 59.5 Å². The summed E-state index contributed by atoms with van der Waals surface area (Å²) in [5.41, 5.74) is -0.496. The van der Waals surface area contributed by atoms with Gasteiger partial charge in [-0.25, -0.2) is 0 Å². The maximum atomic E-state index is 5.96. The van der Waals surface area contributed by atoms with Crippen LogP contribution in [-0.2, 0) is 49.8 Å². The molecule has 1 aromatic rings. The second kappa shape index (κ2) is 48.5. The number of rotatable bonds is 47. The van der Waals surface area contributed by atoms with Crippen molar-refractivity contribution >= 4 is 34.4 Å². The van der Waals surface area contributed by atoms with Crippen LogP contribution in [0.1, 0.15) is 272 Å². The Bertz CT molecular complexity index is 1380. The van der Waals surface area contributed by atoms with Gasteiger partial charge in [0.2, 0.25) is 0 Å². The molecule has 0 unspecified atom stereocenters. The van der Waals surface area contributed by atoms with Crippen LogP contribution in [0.4, 0.5) is 0 Å². The molecule has 12 nitrogen and oxygen atoms in total. The Hall–Kier alpha value is 0.300. The van der Waals surface area contributed by atoms with E-state index in [1.54, 1.807) is 0 Å². The second-order valence-corrected chi connectivity index (χ2v) is 28.4. The van der Waals surface area contributed by atoms with Gasteiger partial charge in [-0.05, 0) is 37.3 Å². The van der Waals surface area contributed by atoms with E-state index in [9.17, 15) is 0 Å². The summed E-state index contributed by atoms with van der Waals surface area (Å²) in [6.07, 6.45) is 51.7. The third kappa shape index (κ3) is 36.2. The lowest BCUT2D eigenvalue weighted by Crippen LogP contribution is -2.45. The zero-order valence-electron chi connectivity index (χ0n) is 50.3. The summed E-state index contributed by atoms with van der Waals surface area (Å²) in [7, 11) is -5.10. The van der Waals surface area contributed by atoms with Crippen molar-refractivity contribution in [2.75, 3.05) is 72.7 Å². The van der Waals surface area contributed by atoms with Crippen molar-refractivity contribution < 1.29 is 54.3 Å². The smallest absolute Gasteiger partial charge is 0.397 e. The Morgan fingerprint density at radius 2 is 0.577 bits per heavy atom. The van der Waals surface area contributed by atoms with Gasteiger partial charge in [-0.3, -0.25) is 0 Å². The summed E-state index contributed by atoms with van der Waals surface area (Å²) in [6, 6.07) is 9.58. The van der Waals surface area contributed by atoms with E-state index in [1.807, 2.05) is 30.3 Å². The number of para-hydroxylation sites is 1. The number of hydrogen-bond acceptors (Lipinski definition) is 12. The van der Waals surface area contributed by atoms with Crippen LogP contribution in [0, 0.1) is 16.7 Å². The molecule has 4 saturated heterocycles. The molecule has 0 saturated carbocycles. The van der Waals surface area contributed by atoms with E-state index in [4.69, 9.17) is 54.3 Å². The minimum atomic E-state index is -1.37. The summed E-state index contributed by atoms with van der Waals surface area (Å²) in [4.78, 5) is 0. The lowest BCUT2D eigenvalue weighted by molar-refractivity contribution is -0.0761. The first kappa shape index (κ1) is 70.8. The van der Waals surface area contributed by atoms with Gasteiger partial charge in [0.05, 0.1) is 83.5 Å². The van der Waals surface area contributed by atoms with Crippen molar-refractivity contribution in [1.82, 2.24) is 0 Å². The molecule has 5 rings (SSSR count). The van der Waals surface area contributed by atoms with Crippen LogP contribution in [0.2, 0.25) is 0 Å². The van der Waals surface area contributed by atoms with Crippen molar-refractivity contribution in [3.63, 3.8) is 0 Å². The lowest BCUT2D eigenvalue weighted by atomic mass is 9.93. The molecule has 0 amide bonds. The van der Waals surface area contributed by atoms with Crippen LogP contribution in [0.5, 0.6) is 5.75 Å². The fraction of sp³-hybridized carbons (Fsp3) is 0.903. The minimum absolute atomic E-state index is 0.229. The fourth-order valence-electron chi connectivity index (χ4n) is 9.91. The molecule has 16 heteroatoms. The molecule has 0 aliphatic carbocycles. The third-order valence-corrected chi connectivity index (χ3v) is 19.5. The minimum Gasteiger partial charge on any atom is -0.427 e. The maximum Gasteiger partial charge on any atom is 0.397 e. The predicted octanol–water partition coefficient (Wildman–Crippen LogP) is 21.7. The topological polar surface area (TPSA) is 111 Å². The average molecular weight is 1180 g/mol. The van der Waals surface area contributed by atoms with E-state index in [1.165, 1.54) is 225 Å². The first-order valence-electron chi connectivity index (χ1n) is 32.3. The fourth-order valence-corrected chi connectivity index (χ4v) is 14.9. The third-order valence-electron chi connectivity index (χ3n) is 15.2. The summed E-state index contributed by atoms with van der Waals surface area (Å²) < 4.78 is 70.4. The maximum absolute atomic E-state index is 5.96. The molecule has 4 fully saturated rings. The van der Waals surface area contributed by atoms with E-state index in [2.05, 4.69) is 27.7 Å². The molecular weight excluding hydrogens is 1060 g/mol. The molecule has 0 aromatic heterocycles. The van der Waals surface area contributed by atoms with E-state index in [0.717, 1.165) is 44.1 Å².